The number of likely N-dealkylation sites (N-methyl/N-ethyl adjacent to an activating group) is 1. The lowest BCUT2D eigenvalue weighted by Gasteiger charge is -2.16. The van der Waals surface area contributed by atoms with Crippen molar-refractivity contribution in [2.45, 2.75) is 19.0 Å². The Morgan fingerprint density at radius 1 is 1.53 bits per heavy atom. The third-order valence-corrected chi connectivity index (χ3v) is 3.93. The smallest absolute Gasteiger partial charge is 0.0462 e. The maximum Gasteiger partial charge on any atom is 0.0462 e. The maximum absolute atomic E-state index is 6.21. The largest absolute Gasteiger partial charge is 0.316 e. The first-order valence-electron chi connectivity index (χ1n) is 5.52. The summed E-state index contributed by atoms with van der Waals surface area (Å²) in [5.74, 6) is 0. The van der Waals surface area contributed by atoms with Gasteiger partial charge in [0, 0.05) is 35.2 Å². The van der Waals surface area contributed by atoms with Crippen molar-refractivity contribution in [1.29, 1.82) is 0 Å². The van der Waals surface area contributed by atoms with Crippen LogP contribution in [0.15, 0.2) is 22.7 Å². The molecule has 0 amide bonds. The van der Waals surface area contributed by atoms with Gasteiger partial charge in [0.2, 0.25) is 0 Å². The second-order valence-corrected chi connectivity index (χ2v) is 5.57. The topological polar surface area (TPSA) is 15.3 Å². The van der Waals surface area contributed by atoms with Crippen LogP contribution in [0.2, 0.25) is 5.02 Å². The molecule has 0 bridgehead atoms. The van der Waals surface area contributed by atoms with Crippen LogP contribution in [0.4, 0.5) is 0 Å². The average Bonchev–Trinajstić information content (AvgIpc) is 2.70. The fraction of sp³-hybridized carbons (Fsp3) is 0.500. The van der Waals surface area contributed by atoms with E-state index in [-0.39, 0.29) is 12.4 Å². The Kier molecular flexibility index (Phi) is 6.24. The van der Waals surface area contributed by atoms with Crippen molar-refractivity contribution < 1.29 is 0 Å². The van der Waals surface area contributed by atoms with E-state index in [4.69, 9.17) is 11.6 Å². The van der Waals surface area contributed by atoms with Gasteiger partial charge >= 0.3 is 0 Å². The van der Waals surface area contributed by atoms with Crippen LogP contribution in [0.3, 0.4) is 0 Å². The van der Waals surface area contributed by atoms with E-state index in [9.17, 15) is 0 Å². The highest BCUT2D eigenvalue weighted by Crippen LogP contribution is 2.23. The molecule has 0 spiro atoms. The zero-order valence-electron chi connectivity index (χ0n) is 9.75. The predicted molar refractivity (Wildman–Crippen MR) is 79.1 cm³/mol. The number of benzene rings is 1. The highest BCUT2D eigenvalue weighted by molar-refractivity contribution is 9.10. The van der Waals surface area contributed by atoms with E-state index >= 15 is 0 Å². The molecule has 0 aromatic heterocycles. The summed E-state index contributed by atoms with van der Waals surface area (Å²) in [5.41, 5.74) is 1.21. The van der Waals surface area contributed by atoms with Crippen LogP contribution in [0, 0.1) is 0 Å². The Bertz CT molecular complexity index is 374. The molecule has 1 fully saturated rings. The highest BCUT2D eigenvalue weighted by Gasteiger charge is 2.21. The third-order valence-electron chi connectivity index (χ3n) is 3.09. The second kappa shape index (κ2) is 6.95. The van der Waals surface area contributed by atoms with E-state index in [0.717, 1.165) is 29.1 Å². The molecule has 17 heavy (non-hydrogen) atoms. The van der Waals surface area contributed by atoms with E-state index in [1.807, 2.05) is 19.2 Å². The van der Waals surface area contributed by atoms with Crippen molar-refractivity contribution in [3.05, 3.63) is 33.3 Å². The summed E-state index contributed by atoms with van der Waals surface area (Å²) in [6, 6.07) is 6.74. The summed E-state index contributed by atoms with van der Waals surface area (Å²) in [6.45, 7) is 3.21. The van der Waals surface area contributed by atoms with Gasteiger partial charge in [-0.2, -0.15) is 0 Å². The average molecular weight is 340 g/mol. The van der Waals surface area contributed by atoms with Gasteiger partial charge in [-0.25, -0.2) is 0 Å². The van der Waals surface area contributed by atoms with Crippen molar-refractivity contribution in [1.82, 2.24) is 10.2 Å². The minimum atomic E-state index is 0. The van der Waals surface area contributed by atoms with Gasteiger partial charge in [0.15, 0.2) is 0 Å². The van der Waals surface area contributed by atoms with Crippen LogP contribution in [0.25, 0.3) is 0 Å². The van der Waals surface area contributed by atoms with Gasteiger partial charge in [0.1, 0.15) is 0 Å². The zero-order valence-corrected chi connectivity index (χ0v) is 12.9. The lowest BCUT2D eigenvalue weighted by Crippen LogP contribution is -2.29. The molecule has 1 saturated heterocycles. The van der Waals surface area contributed by atoms with Gasteiger partial charge in [-0.05, 0) is 31.2 Å². The number of halogens is 3. The van der Waals surface area contributed by atoms with Gasteiger partial charge in [0.25, 0.3) is 0 Å². The normalized spacial score (nSPS) is 20.3. The Hall–Kier alpha value is 0.200. The van der Waals surface area contributed by atoms with E-state index < -0.39 is 0 Å². The first-order chi connectivity index (χ1) is 7.69. The summed E-state index contributed by atoms with van der Waals surface area (Å²) >= 11 is 9.63. The molecule has 1 atom stereocenters. The number of rotatable bonds is 3. The van der Waals surface area contributed by atoms with Gasteiger partial charge in [-0.15, -0.1) is 12.4 Å². The lowest BCUT2D eigenvalue weighted by molar-refractivity contribution is 0.322. The molecular weight excluding hydrogens is 323 g/mol. The zero-order chi connectivity index (χ0) is 11.5. The first-order valence-corrected chi connectivity index (χ1v) is 6.69. The van der Waals surface area contributed by atoms with Crippen LogP contribution in [0.5, 0.6) is 0 Å². The van der Waals surface area contributed by atoms with Gasteiger partial charge in [-0.3, -0.25) is 4.90 Å². The van der Waals surface area contributed by atoms with Crippen LogP contribution < -0.4 is 5.32 Å². The number of likely N-dealkylation sites (tertiary alicyclic amines) is 1. The maximum atomic E-state index is 6.21. The molecule has 1 heterocycles. The number of hydrogen-bond donors (Lipinski definition) is 1. The number of nitrogens with one attached hydrogen (secondary N) is 1. The summed E-state index contributed by atoms with van der Waals surface area (Å²) in [5, 5.41) is 4.17. The van der Waals surface area contributed by atoms with Crippen LogP contribution in [0.1, 0.15) is 12.0 Å². The van der Waals surface area contributed by atoms with E-state index in [0.29, 0.717) is 6.04 Å². The molecule has 0 saturated carbocycles. The van der Waals surface area contributed by atoms with Crippen molar-refractivity contribution in [2.24, 2.45) is 0 Å². The Morgan fingerprint density at radius 2 is 2.29 bits per heavy atom. The fourth-order valence-corrected chi connectivity index (χ4v) is 2.84. The Labute approximate surface area is 122 Å². The van der Waals surface area contributed by atoms with Gasteiger partial charge < -0.3 is 5.32 Å². The summed E-state index contributed by atoms with van der Waals surface area (Å²) in [6.07, 6.45) is 1.23. The summed E-state index contributed by atoms with van der Waals surface area (Å²) < 4.78 is 1.04. The first kappa shape index (κ1) is 15.3. The molecule has 1 aliphatic heterocycles. The minimum absolute atomic E-state index is 0. The quantitative estimate of drug-likeness (QED) is 0.908. The van der Waals surface area contributed by atoms with Crippen LogP contribution >= 0.6 is 39.9 Å². The van der Waals surface area contributed by atoms with Crippen molar-refractivity contribution in [3.63, 3.8) is 0 Å². The predicted octanol–water partition coefficient (Wildman–Crippen LogP) is 3.32. The molecule has 5 heteroatoms. The van der Waals surface area contributed by atoms with E-state index in [2.05, 4.69) is 32.2 Å². The van der Waals surface area contributed by atoms with Crippen molar-refractivity contribution in [2.75, 3.05) is 20.1 Å². The van der Waals surface area contributed by atoms with Crippen molar-refractivity contribution >= 4 is 39.9 Å². The molecule has 2 rings (SSSR count). The summed E-state index contributed by atoms with van der Waals surface area (Å²) in [4.78, 5) is 2.44. The molecule has 0 radical (unpaired) electrons. The minimum Gasteiger partial charge on any atom is -0.316 e. The van der Waals surface area contributed by atoms with E-state index in [1.165, 1.54) is 12.0 Å². The molecule has 1 aromatic rings. The molecule has 1 unspecified atom stereocenters. The Balaban J connectivity index is 0.00000144. The monoisotopic (exact) mass is 338 g/mol. The van der Waals surface area contributed by atoms with Gasteiger partial charge in [-0.1, -0.05) is 33.6 Å². The lowest BCUT2D eigenvalue weighted by atomic mass is 10.2. The SMILES string of the molecule is CNC1CCN(Cc2ccc(Br)cc2Cl)C1.Cl. The molecule has 1 aromatic carbocycles. The number of hydrogen-bond acceptors (Lipinski definition) is 2. The van der Waals surface area contributed by atoms with Crippen LogP contribution in [-0.4, -0.2) is 31.1 Å². The molecule has 0 aliphatic carbocycles. The Morgan fingerprint density at radius 3 is 2.88 bits per heavy atom. The summed E-state index contributed by atoms with van der Waals surface area (Å²) in [7, 11) is 2.03. The molecule has 96 valence electrons. The standard InChI is InChI=1S/C12H16BrClN2.ClH/c1-15-11-4-5-16(8-11)7-9-2-3-10(13)6-12(9)14;/h2-3,6,11,15H,4-5,7-8H2,1H3;1H. The third kappa shape index (κ3) is 4.11. The van der Waals surface area contributed by atoms with Crippen molar-refractivity contribution in [3.8, 4) is 0 Å². The molecule has 1 N–H and O–H groups in total. The number of nitrogens with zero attached hydrogens (tertiary/aromatic N) is 1. The molecule has 2 nitrogen and oxygen atoms in total. The van der Waals surface area contributed by atoms with Gasteiger partial charge in [0.05, 0.1) is 0 Å². The van der Waals surface area contributed by atoms with E-state index in [1.54, 1.807) is 0 Å². The fourth-order valence-electron chi connectivity index (χ4n) is 2.10. The molecular formula is C12H17BrCl2N2. The van der Waals surface area contributed by atoms with Crippen LogP contribution in [-0.2, 0) is 6.54 Å². The second-order valence-electron chi connectivity index (χ2n) is 4.25. The highest BCUT2D eigenvalue weighted by atomic mass is 79.9. The molecule has 1 aliphatic rings.